The van der Waals surface area contributed by atoms with Gasteiger partial charge in [0.1, 0.15) is 5.82 Å². The third-order valence-electron chi connectivity index (χ3n) is 4.31. The Labute approximate surface area is 160 Å². The molecule has 2 heterocycles. The van der Waals surface area contributed by atoms with Gasteiger partial charge in [-0.05, 0) is 36.8 Å². The number of hydrogen-bond acceptors (Lipinski definition) is 5. The summed E-state index contributed by atoms with van der Waals surface area (Å²) in [6.45, 7) is 3.56. The van der Waals surface area contributed by atoms with Crippen LogP contribution in [0.15, 0.2) is 52.3 Å². The highest BCUT2D eigenvalue weighted by molar-refractivity contribution is 8.13. The van der Waals surface area contributed by atoms with Crippen LogP contribution in [0.2, 0.25) is 5.02 Å². The summed E-state index contributed by atoms with van der Waals surface area (Å²) in [4.78, 5) is 22.4. The van der Waals surface area contributed by atoms with E-state index in [9.17, 15) is 4.79 Å². The Morgan fingerprint density at radius 2 is 2.08 bits per heavy atom. The second-order valence-corrected chi connectivity index (χ2v) is 7.34. The van der Waals surface area contributed by atoms with Gasteiger partial charge < -0.3 is 5.32 Å². The molecule has 0 unspecified atom stereocenters. The van der Waals surface area contributed by atoms with E-state index in [-0.39, 0.29) is 5.56 Å². The maximum absolute atomic E-state index is 13.2. The van der Waals surface area contributed by atoms with E-state index in [4.69, 9.17) is 16.6 Å². The molecule has 0 spiro atoms. The number of aliphatic imine (C=N–C) groups is 1. The molecule has 0 atom stereocenters. The van der Waals surface area contributed by atoms with E-state index < -0.39 is 0 Å². The lowest BCUT2D eigenvalue weighted by molar-refractivity contribution is 0.878. The lowest BCUT2D eigenvalue weighted by Crippen LogP contribution is -2.25. The summed E-state index contributed by atoms with van der Waals surface area (Å²) in [6, 6.07) is 13.0. The van der Waals surface area contributed by atoms with Crippen molar-refractivity contribution in [3.05, 3.63) is 69.2 Å². The van der Waals surface area contributed by atoms with Gasteiger partial charge in [0.2, 0.25) is 0 Å². The summed E-state index contributed by atoms with van der Waals surface area (Å²) in [7, 11) is 0. The van der Waals surface area contributed by atoms with E-state index in [1.165, 1.54) is 0 Å². The number of rotatable bonds is 3. The minimum Gasteiger partial charge on any atom is -0.363 e. The fourth-order valence-electron chi connectivity index (χ4n) is 2.97. The van der Waals surface area contributed by atoms with E-state index in [0.29, 0.717) is 27.5 Å². The van der Waals surface area contributed by atoms with Crippen molar-refractivity contribution in [1.29, 1.82) is 0 Å². The zero-order valence-corrected chi connectivity index (χ0v) is 15.8. The van der Waals surface area contributed by atoms with Crippen molar-refractivity contribution in [1.82, 2.24) is 14.9 Å². The number of nitrogens with zero attached hydrogens (tertiary/aromatic N) is 3. The van der Waals surface area contributed by atoms with E-state index in [2.05, 4.69) is 10.3 Å². The molecule has 2 aromatic carbocycles. The van der Waals surface area contributed by atoms with Gasteiger partial charge in [-0.1, -0.05) is 41.6 Å². The van der Waals surface area contributed by atoms with Crippen molar-refractivity contribution in [3.8, 4) is 5.69 Å². The highest BCUT2D eigenvalue weighted by atomic mass is 35.5. The fourth-order valence-corrected chi connectivity index (χ4v) is 3.98. The standard InChI is InChI=1S/C19H17ClN4OS/c1-12-14(20)6-4-8-16(12)24-17(11-26-19-21-9-10-22-19)23-15-7-3-2-5-13(15)18(24)25/h2-8H,9-11H2,1H3,(H,21,22). The van der Waals surface area contributed by atoms with Gasteiger partial charge in [-0.2, -0.15) is 0 Å². The molecule has 1 aliphatic heterocycles. The second kappa shape index (κ2) is 7.13. The number of para-hydroxylation sites is 1. The zero-order chi connectivity index (χ0) is 18.1. The van der Waals surface area contributed by atoms with Crippen LogP contribution in [0.1, 0.15) is 11.4 Å². The molecule has 1 aliphatic rings. The first kappa shape index (κ1) is 17.1. The van der Waals surface area contributed by atoms with Crippen LogP contribution in [-0.2, 0) is 5.75 Å². The van der Waals surface area contributed by atoms with Crippen LogP contribution in [0.25, 0.3) is 16.6 Å². The molecular weight excluding hydrogens is 368 g/mol. The number of nitrogens with one attached hydrogen (secondary N) is 1. The third-order valence-corrected chi connectivity index (χ3v) is 5.67. The molecule has 7 heteroatoms. The molecule has 0 fully saturated rings. The SMILES string of the molecule is Cc1c(Cl)cccc1-n1c(CSC2=NCCN2)nc2ccccc2c1=O. The lowest BCUT2D eigenvalue weighted by Gasteiger charge is -2.16. The predicted molar refractivity (Wildman–Crippen MR) is 109 cm³/mol. The maximum atomic E-state index is 13.2. The molecular formula is C19H17ClN4OS. The smallest absolute Gasteiger partial charge is 0.266 e. The topological polar surface area (TPSA) is 59.3 Å². The van der Waals surface area contributed by atoms with Crippen LogP contribution >= 0.6 is 23.4 Å². The first-order valence-corrected chi connectivity index (χ1v) is 9.69. The van der Waals surface area contributed by atoms with Crippen molar-refractivity contribution in [2.24, 2.45) is 4.99 Å². The van der Waals surface area contributed by atoms with Crippen LogP contribution in [-0.4, -0.2) is 27.8 Å². The molecule has 0 aliphatic carbocycles. The molecule has 0 radical (unpaired) electrons. The number of hydrogen-bond donors (Lipinski definition) is 1. The Hall–Kier alpha value is -2.31. The normalized spacial score (nSPS) is 13.7. The number of amidine groups is 1. The molecule has 0 saturated carbocycles. The summed E-state index contributed by atoms with van der Waals surface area (Å²) < 4.78 is 1.67. The molecule has 4 rings (SSSR count). The Balaban J connectivity index is 1.90. The van der Waals surface area contributed by atoms with E-state index in [0.717, 1.165) is 29.5 Å². The summed E-state index contributed by atoms with van der Waals surface area (Å²) in [5.41, 5.74) is 2.23. The molecule has 5 nitrogen and oxygen atoms in total. The van der Waals surface area contributed by atoms with Gasteiger partial charge in [-0.15, -0.1) is 0 Å². The van der Waals surface area contributed by atoms with Crippen LogP contribution in [0.5, 0.6) is 0 Å². The monoisotopic (exact) mass is 384 g/mol. The van der Waals surface area contributed by atoms with E-state index >= 15 is 0 Å². The molecule has 1 aromatic heterocycles. The molecule has 0 bridgehead atoms. The van der Waals surface area contributed by atoms with Gasteiger partial charge in [-0.25, -0.2) is 4.98 Å². The second-order valence-electron chi connectivity index (χ2n) is 5.97. The van der Waals surface area contributed by atoms with Crippen molar-refractivity contribution in [2.45, 2.75) is 12.7 Å². The zero-order valence-electron chi connectivity index (χ0n) is 14.2. The number of fused-ring (bicyclic) bond motifs is 1. The summed E-state index contributed by atoms with van der Waals surface area (Å²) in [5, 5.41) is 5.35. The minimum absolute atomic E-state index is 0.0853. The van der Waals surface area contributed by atoms with Crippen LogP contribution in [0.4, 0.5) is 0 Å². The van der Waals surface area contributed by atoms with Gasteiger partial charge >= 0.3 is 0 Å². The van der Waals surface area contributed by atoms with Crippen molar-refractivity contribution in [2.75, 3.05) is 13.1 Å². The summed E-state index contributed by atoms with van der Waals surface area (Å²) >= 11 is 7.85. The van der Waals surface area contributed by atoms with Gasteiger partial charge in [0.25, 0.3) is 5.56 Å². The Morgan fingerprint density at radius 3 is 2.88 bits per heavy atom. The maximum Gasteiger partial charge on any atom is 0.266 e. The predicted octanol–water partition coefficient (Wildman–Crippen LogP) is 3.54. The highest BCUT2D eigenvalue weighted by Gasteiger charge is 2.16. The number of halogens is 1. The largest absolute Gasteiger partial charge is 0.363 e. The molecule has 1 N–H and O–H groups in total. The highest BCUT2D eigenvalue weighted by Crippen LogP contribution is 2.24. The third kappa shape index (κ3) is 3.10. The first-order chi connectivity index (χ1) is 12.6. The lowest BCUT2D eigenvalue weighted by atomic mass is 10.2. The number of benzene rings is 2. The quantitative estimate of drug-likeness (QED) is 0.750. The Kier molecular flexibility index (Phi) is 4.70. The molecule has 3 aromatic rings. The number of aromatic nitrogens is 2. The first-order valence-electron chi connectivity index (χ1n) is 8.32. The number of thioether (sulfide) groups is 1. The molecule has 0 amide bonds. The van der Waals surface area contributed by atoms with E-state index in [1.807, 2.05) is 43.3 Å². The molecule has 26 heavy (non-hydrogen) atoms. The Bertz CT molecular complexity index is 1080. The van der Waals surface area contributed by atoms with Crippen LogP contribution < -0.4 is 10.9 Å². The van der Waals surface area contributed by atoms with Gasteiger partial charge in [0, 0.05) is 11.6 Å². The van der Waals surface area contributed by atoms with Crippen molar-refractivity contribution >= 4 is 39.4 Å². The average molecular weight is 385 g/mol. The Morgan fingerprint density at radius 1 is 1.23 bits per heavy atom. The average Bonchev–Trinajstić information content (AvgIpc) is 3.17. The van der Waals surface area contributed by atoms with E-state index in [1.54, 1.807) is 22.4 Å². The van der Waals surface area contributed by atoms with Crippen molar-refractivity contribution in [3.63, 3.8) is 0 Å². The van der Waals surface area contributed by atoms with Gasteiger partial charge in [-0.3, -0.25) is 14.4 Å². The molecule has 132 valence electrons. The van der Waals surface area contributed by atoms with Crippen molar-refractivity contribution < 1.29 is 0 Å². The fraction of sp³-hybridized carbons (Fsp3) is 0.211. The molecule has 0 saturated heterocycles. The van der Waals surface area contributed by atoms with Gasteiger partial charge in [0.15, 0.2) is 5.17 Å². The minimum atomic E-state index is -0.0853. The van der Waals surface area contributed by atoms with Crippen LogP contribution in [0.3, 0.4) is 0 Å². The summed E-state index contributed by atoms with van der Waals surface area (Å²) in [5.74, 6) is 1.22. The van der Waals surface area contributed by atoms with Crippen LogP contribution in [0, 0.1) is 6.92 Å². The van der Waals surface area contributed by atoms with Gasteiger partial charge in [0.05, 0.1) is 28.9 Å². The summed E-state index contributed by atoms with van der Waals surface area (Å²) in [6.07, 6.45) is 0.